The van der Waals surface area contributed by atoms with E-state index in [1.807, 2.05) is 30.3 Å². The van der Waals surface area contributed by atoms with E-state index in [1.165, 1.54) is 0 Å². The number of ether oxygens (including phenoxy) is 4. The maximum atomic E-state index is 12.4. The topological polar surface area (TPSA) is 125 Å². The average Bonchev–Trinajstić information content (AvgIpc) is 3.37. The van der Waals surface area contributed by atoms with Gasteiger partial charge in [-0.2, -0.15) is 0 Å². The first-order valence-electron chi connectivity index (χ1n) is 10.6. The number of hydrogen-bond donors (Lipinski definition) is 1. The summed E-state index contributed by atoms with van der Waals surface area (Å²) in [4.78, 5) is 29.0. The second-order valence-corrected chi connectivity index (χ2v) is 7.09. The molecule has 0 bridgehead atoms. The third-order valence-corrected chi connectivity index (χ3v) is 4.78. The number of carbonyl (C=O) groups is 2. The second kappa shape index (κ2) is 11.3. The Morgan fingerprint density at radius 3 is 2.55 bits per heavy atom. The Bertz CT molecular complexity index is 976. The van der Waals surface area contributed by atoms with Crippen molar-refractivity contribution < 1.29 is 33.1 Å². The maximum absolute atomic E-state index is 12.4. The van der Waals surface area contributed by atoms with Crippen LogP contribution in [0.15, 0.2) is 39.8 Å². The number of aromatic nitrogens is 1. The Hall–Kier alpha value is -3.60. The lowest BCUT2D eigenvalue weighted by atomic mass is 10.0. The summed E-state index contributed by atoms with van der Waals surface area (Å²) < 4.78 is 26.9. The molecular weight excluding hydrogens is 432 g/mol. The summed E-state index contributed by atoms with van der Waals surface area (Å²) in [6.45, 7) is 5.48. The molecule has 2 aromatic rings. The van der Waals surface area contributed by atoms with Gasteiger partial charge in [0.1, 0.15) is 18.2 Å². The number of hydrazine groups is 1. The van der Waals surface area contributed by atoms with Gasteiger partial charge in [0, 0.05) is 7.11 Å². The van der Waals surface area contributed by atoms with Gasteiger partial charge in [-0.25, -0.2) is 25.0 Å². The first kappa shape index (κ1) is 24.1. The first-order valence-corrected chi connectivity index (χ1v) is 10.6. The fourth-order valence-corrected chi connectivity index (χ4v) is 3.37. The van der Waals surface area contributed by atoms with E-state index in [2.05, 4.69) is 10.6 Å². The number of carbonyl (C=O) groups excluding carboxylic acids is 2. The minimum Gasteiger partial charge on any atom is -0.467 e. The first-order chi connectivity index (χ1) is 16.0. The Morgan fingerprint density at radius 1 is 1.15 bits per heavy atom. The number of aryl methyl sites for hydroxylation is 1. The van der Waals surface area contributed by atoms with Crippen LogP contribution in [-0.2, 0) is 25.5 Å². The molecule has 0 spiro atoms. The third kappa shape index (κ3) is 5.80. The largest absolute Gasteiger partial charge is 0.467 e. The molecular formula is C22H28N4O7. The Labute approximate surface area is 191 Å². The smallest absolute Gasteiger partial charge is 0.429 e. The van der Waals surface area contributed by atoms with Crippen LogP contribution in [0.25, 0.3) is 0 Å². The monoisotopic (exact) mass is 460 g/mol. The highest BCUT2D eigenvalue weighted by atomic mass is 16.6. The van der Waals surface area contributed by atoms with E-state index in [-0.39, 0.29) is 37.7 Å². The van der Waals surface area contributed by atoms with Crippen molar-refractivity contribution in [1.82, 2.24) is 15.6 Å². The van der Waals surface area contributed by atoms with Crippen LogP contribution in [-0.4, -0.2) is 61.2 Å². The average molecular weight is 460 g/mol. The standard InChI is InChI=1S/C22H28N4O7/c1-5-30-21(27)24-26(22(28)31-6-2)12-17-18(14(3)25-33-17)20-23-16(13-29-4)19(32-20)15-10-8-7-9-11-15/h7-11,16,19H,5-6,12-13H2,1-4H3,(H,24,27). The molecule has 2 amide bonds. The van der Waals surface area contributed by atoms with E-state index < -0.39 is 12.2 Å². The van der Waals surface area contributed by atoms with Crippen LogP contribution in [0.2, 0.25) is 0 Å². The third-order valence-electron chi connectivity index (χ3n) is 4.78. The molecule has 0 saturated carbocycles. The molecule has 0 radical (unpaired) electrons. The van der Waals surface area contributed by atoms with Crippen LogP contribution in [0, 0.1) is 6.92 Å². The minimum absolute atomic E-state index is 0.120. The van der Waals surface area contributed by atoms with E-state index >= 15 is 0 Å². The number of rotatable bonds is 8. The summed E-state index contributed by atoms with van der Waals surface area (Å²) in [7, 11) is 1.60. The number of nitrogens with zero attached hydrogens (tertiary/aromatic N) is 3. The van der Waals surface area contributed by atoms with Gasteiger partial charge < -0.3 is 23.5 Å². The van der Waals surface area contributed by atoms with Crippen LogP contribution >= 0.6 is 0 Å². The minimum atomic E-state index is -0.804. The number of aliphatic imine (C=N–C) groups is 1. The highest BCUT2D eigenvalue weighted by Gasteiger charge is 2.36. The van der Waals surface area contributed by atoms with Crippen molar-refractivity contribution in [3.05, 3.63) is 52.9 Å². The molecule has 2 atom stereocenters. The zero-order valence-electron chi connectivity index (χ0n) is 19.1. The molecule has 1 aliphatic heterocycles. The van der Waals surface area contributed by atoms with Crippen LogP contribution in [0.4, 0.5) is 9.59 Å². The number of hydrogen-bond acceptors (Lipinski definition) is 9. The second-order valence-electron chi connectivity index (χ2n) is 7.09. The van der Waals surface area contributed by atoms with Gasteiger partial charge in [0.2, 0.25) is 5.90 Å². The molecule has 11 nitrogen and oxygen atoms in total. The number of methoxy groups -OCH3 is 1. The predicted molar refractivity (Wildman–Crippen MR) is 116 cm³/mol. The molecule has 0 saturated heterocycles. The van der Waals surface area contributed by atoms with Gasteiger partial charge in [-0.1, -0.05) is 35.5 Å². The molecule has 2 unspecified atom stereocenters. The van der Waals surface area contributed by atoms with Crippen molar-refractivity contribution in [2.75, 3.05) is 26.9 Å². The van der Waals surface area contributed by atoms with Gasteiger partial charge in [0.25, 0.3) is 0 Å². The molecule has 33 heavy (non-hydrogen) atoms. The van der Waals surface area contributed by atoms with E-state index in [0.29, 0.717) is 23.8 Å². The van der Waals surface area contributed by atoms with Gasteiger partial charge in [0.05, 0.1) is 25.5 Å². The fraction of sp³-hybridized carbons (Fsp3) is 0.455. The Morgan fingerprint density at radius 2 is 1.88 bits per heavy atom. The summed E-state index contributed by atoms with van der Waals surface area (Å²) in [6.07, 6.45) is -1.94. The molecule has 0 fully saturated rings. The lowest BCUT2D eigenvalue weighted by Crippen LogP contribution is -2.46. The zero-order valence-corrected chi connectivity index (χ0v) is 19.1. The van der Waals surface area contributed by atoms with E-state index in [9.17, 15) is 9.59 Å². The number of nitrogens with one attached hydrogen (secondary N) is 1. The Balaban J connectivity index is 1.87. The van der Waals surface area contributed by atoms with Gasteiger partial charge in [0.15, 0.2) is 11.9 Å². The lowest BCUT2D eigenvalue weighted by Gasteiger charge is -2.21. The summed E-state index contributed by atoms with van der Waals surface area (Å²) in [6, 6.07) is 9.41. The summed E-state index contributed by atoms with van der Waals surface area (Å²) in [5.74, 6) is 0.584. The number of amides is 2. The highest BCUT2D eigenvalue weighted by Crippen LogP contribution is 2.33. The summed E-state index contributed by atoms with van der Waals surface area (Å²) >= 11 is 0. The quantitative estimate of drug-likeness (QED) is 0.596. The van der Waals surface area contributed by atoms with Crippen LogP contribution in [0.5, 0.6) is 0 Å². The summed E-state index contributed by atoms with van der Waals surface area (Å²) in [5, 5.41) is 4.96. The van der Waals surface area contributed by atoms with Gasteiger partial charge in [-0.3, -0.25) is 0 Å². The lowest BCUT2D eigenvalue weighted by molar-refractivity contribution is 0.0673. The zero-order chi connectivity index (χ0) is 23.8. The van der Waals surface area contributed by atoms with Crippen molar-refractivity contribution in [3.8, 4) is 0 Å². The van der Waals surface area contributed by atoms with Crippen molar-refractivity contribution in [2.45, 2.75) is 39.5 Å². The molecule has 178 valence electrons. The van der Waals surface area contributed by atoms with Crippen LogP contribution in [0.1, 0.15) is 42.5 Å². The van der Waals surface area contributed by atoms with Crippen LogP contribution in [0.3, 0.4) is 0 Å². The maximum Gasteiger partial charge on any atom is 0.429 e. The van der Waals surface area contributed by atoms with Crippen LogP contribution < -0.4 is 5.43 Å². The normalized spacial score (nSPS) is 17.2. The molecule has 2 heterocycles. The van der Waals surface area contributed by atoms with Crippen molar-refractivity contribution in [1.29, 1.82) is 0 Å². The van der Waals surface area contributed by atoms with Gasteiger partial charge in [-0.15, -0.1) is 0 Å². The van der Waals surface area contributed by atoms with E-state index in [1.54, 1.807) is 27.9 Å². The number of benzene rings is 1. The molecule has 0 aliphatic carbocycles. The van der Waals surface area contributed by atoms with Crippen molar-refractivity contribution in [2.24, 2.45) is 4.99 Å². The molecule has 11 heteroatoms. The van der Waals surface area contributed by atoms with E-state index in [0.717, 1.165) is 10.6 Å². The van der Waals surface area contributed by atoms with Gasteiger partial charge in [-0.05, 0) is 26.3 Å². The molecule has 1 aromatic carbocycles. The summed E-state index contributed by atoms with van der Waals surface area (Å²) in [5.41, 5.74) is 4.32. The molecule has 1 aromatic heterocycles. The fourth-order valence-electron chi connectivity index (χ4n) is 3.37. The SMILES string of the molecule is CCOC(=O)NN(Cc1onc(C)c1C1=NC(COC)C(c2ccccc2)O1)C(=O)OCC. The molecule has 1 N–H and O–H groups in total. The van der Waals surface area contributed by atoms with Gasteiger partial charge >= 0.3 is 12.2 Å². The molecule has 3 rings (SSSR count). The predicted octanol–water partition coefficient (Wildman–Crippen LogP) is 3.14. The highest BCUT2D eigenvalue weighted by molar-refractivity contribution is 5.97. The van der Waals surface area contributed by atoms with E-state index in [4.69, 9.17) is 28.5 Å². The van der Waals surface area contributed by atoms with Crippen molar-refractivity contribution >= 4 is 18.1 Å². The Kier molecular flexibility index (Phi) is 8.25. The molecule has 1 aliphatic rings. The van der Waals surface area contributed by atoms with Crippen molar-refractivity contribution in [3.63, 3.8) is 0 Å².